The van der Waals surface area contributed by atoms with E-state index in [0.29, 0.717) is 16.0 Å². The van der Waals surface area contributed by atoms with Crippen LogP contribution >= 0.6 is 34.9 Å². The third-order valence-electron chi connectivity index (χ3n) is 3.22. The monoisotopic (exact) mass is 369 g/mol. The Morgan fingerprint density at radius 1 is 1.43 bits per heavy atom. The predicted octanol–water partition coefficient (Wildman–Crippen LogP) is 2.05. The van der Waals surface area contributed by atoms with Crippen LogP contribution in [0, 0.1) is 0 Å². The van der Waals surface area contributed by atoms with Crippen molar-refractivity contribution < 1.29 is 4.79 Å². The van der Waals surface area contributed by atoms with Crippen molar-refractivity contribution in [2.45, 2.75) is 42.2 Å². The zero-order valence-electron chi connectivity index (χ0n) is 12.6. The zero-order chi connectivity index (χ0) is 16.4. The molecule has 7 nitrogen and oxygen atoms in total. The molecule has 2 aromatic heterocycles. The normalized spacial score (nSPS) is 14.5. The smallest absolute Gasteiger partial charge is 0.255 e. The summed E-state index contributed by atoms with van der Waals surface area (Å²) in [7, 11) is 0. The first-order valence-corrected chi connectivity index (χ1v) is 9.91. The molecule has 2 aromatic rings. The van der Waals surface area contributed by atoms with Gasteiger partial charge in [-0.3, -0.25) is 14.9 Å². The molecule has 0 fully saturated rings. The fraction of sp³-hybridized carbons (Fsp3) is 0.462. The molecule has 0 bridgehead atoms. The Hall–Kier alpha value is -1.39. The minimum atomic E-state index is -0.403. The van der Waals surface area contributed by atoms with Crippen LogP contribution in [0.4, 0.5) is 5.13 Å². The Labute approximate surface area is 145 Å². The molecule has 1 amide bonds. The maximum atomic E-state index is 12.2. The van der Waals surface area contributed by atoms with E-state index in [4.69, 9.17) is 0 Å². The van der Waals surface area contributed by atoms with Gasteiger partial charge in [0.1, 0.15) is 5.01 Å². The molecule has 23 heavy (non-hydrogen) atoms. The molecule has 1 aliphatic heterocycles. The Morgan fingerprint density at radius 2 is 2.26 bits per heavy atom. The van der Waals surface area contributed by atoms with Gasteiger partial charge < -0.3 is 4.98 Å². The molecule has 2 N–H and O–H groups in total. The fourth-order valence-electron chi connectivity index (χ4n) is 1.97. The van der Waals surface area contributed by atoms with Crippen molar-refractivity contribution >= 4 is 45.9 Å². The summed E-state index contributed by atoms with van der Waals surface area (Å²) in [5.74, 6) is 1.26. The molecule has 10 heteroatoms. The number of anilines is 1. The first kappa shape index (κ1) is 16.5. The van der Waals surface area contributed by atoms with Gasteiger partial charge in [-0.25, -0.2) is 4.98 Å². The third kappa shape index (κ3) is 3.75. The first-order chi connectivity index (χ1) is 11.1. The van der Waals surface area contributed by atoms with E-state index in [1.807, 2.05) is 6.92 Å². The van der Waals surface area contributed by atoms with Gasteiger partial charge in [-0.05, 0) is 13.3 Å². The predicted molar refractivity (Wildman–Crippen MR) is 93.1 cm³/mol. The van der Waals surface area contributed by atoms with Crippen LogP contribution in [0.15, 0.2) is 9.95 Å². The second-order valence-electron chi connectivity index (χ2n) is 4.89. The highest BCUT2D eigenvalue weighted by Crippen LogP contribution is 2.28. The van der Waals surface area contributed by atoms with Gasteiger partial charge in [0.25, 0.3) is 5.56 Å². The number of rotatable bonds is 5. The Kier molecular flexibility index (Phi) is 5.02. The number of aromatic nitrogens is 4. The van der Waals surface area contributed by atoms with Crippen LogP contribution in [-0.4, -0.2) is 31.3 Å². The average Bonchev–Trinajstić information content (AvgIpc) is 3.16. The van der Waals surface area contributed by atoms with E-state index in [9.17, 15) is 9.59 Å². The molecule has 0 saturated heterocycles. The molecule has 3 heterocycles. The highest BCUT2D eigenvalue weighted by atomic mass is 32.2. The Bertz CT molecular complexity index is 788. The van der Waals surface area contributed by atoms with E-state index >= 15 is 0 Å². The van der Waals surface area contributed by atoms with Crippen molar-refractivity contribution in [3.05, 3.63) is 26.6 Å². The number of carbonyl (C=O) groups excluding carboxylic acids is 1. The van der Waals surface area contributed by atoms with Gasteiger partial charge in [-0.2, -0.15) is 11.8 Å². The van der Waals surface area contributed by atoms with Crippen molar-refractivity contribution in [2.24, 2.45) is 0 Å². The summed E-state index contributed by atoms with van der Waals surface area (Å²) < 4.78 is 0. The molecule has 122 valence electrons. The van der Waals surface area contributed by atoms with E-state index in [1.165, 1.54) is 23.1 Å². The van der Waals surface area contributed by atoms with Crippen molar-refractivity contribution in [3.8, 4) is 0 Å². The van der Waals surface area contributed by atoms with Crippen molar-refractivity contribution in [2.75, 3.05) is 5.32 Å². The summed E-state index contributed by atoms with van der Waals surface area (Å²) in [5.41, 5.74) is 1.47. The minimum absolute atomic E-state index is 0.105. The fourth-order valence-corrected chi connectivity index (χ4v) is 4.50. The van der Waals surface area contributed by atoms with Gasteiger partial charge in [0, 0.05) is 17.1 Å². The molecular formula is C13H15N5O2S3. The molecule has 1 unspecified atom stereocenters. The molecule has 0 radical (unpaired) electrons. The molecule has 0 aromatic carbocycles. The van der Waals surface area contributed by atoms with Gasteiger partial charge in [-0.1, -0.05) is 30.0 Å². The van der Waals surface area contributed by atoms with Crippen LogP contribution in [0.1, 0.15) is 30.1 Å². The lowest BCUT2D eigenvalue weighted by Crippen LogP contribution is -2.23. The van der Waals surface area contributed by atoms with E-state index < -0.39 is 5.25 Å². The van der Waals surface area contributed by atoms with Crippen LogP contribution in [0.5, 0.6) is 0 Å². The summed E-state index contributed by atoms with van der Waals surface area (Å²) in [6.07, 6.45) is 0.788. The summed E-state index contributed by atoms with van der Waals surface area (Å²) in [4.78, 5) is 31.4. The number of H-pyrrole nitrogens is 1. The average molecular weight is 369 g/mol. The lowest BCUT2D eigenvalue weighted by atomic mass is 10.3. The van der Waals surface area contributed by atoms with Crippen LogP contribution in [-0.2, 0) is 22.7 Å². The highest BCUT2D eigenvalue weighted by molar-refractivity contribution is 8.00. The molecule has 0 spiro atoms. The number of hydrogen-bond donors (Lipinski definition) is 2. The summed E-state index contributed by atoms with van der Waals surface area (Å²) >= 11 is 4.27. The number of amides is 1. The Balaban J connectivity index is 1.66. The van der Waals surface area contributed by atoms with Gasteiger partial charge in [-0.15, -0.1) is 10.2 Å². The molecule has 0 aliphatic carbocycles. The number of carbonyl (C=O) groups is 1. The largest absolute Gasteiger partial charge is 0.301 e. The molecule has 3 rings (SSSR count). The van der Waals surface area contributed by atoms with E-state index in [-0.39, 0.29) is 11.5 Å². The minimum Gasteiger partial charge on any atom is -0.301 e. The molecular weight excluding hydrogens is 354 g/mol. The lowest BCUT2D eigenvalue weighted by Gasteiger charge is -2.10. The number of thioether (sulfide) groups is 2. The van der Waals surface area contributed by atoms with Crippen LogP contribution in [0.3, 0.4) is 0 Å². The molecule has 0 saturated carbocycles. The van der Waals surface area contributed by atoms with Crippen LogP contribution in [0.2, 0.25) is 0 Å². The van der Waals surface area contributed by atoms with Gasteiger partial charge in [0.05, 0.1) is 10.9 Å². The van der Waals surface area contributed by atoms with E-state index in [2.05, 4.69) is 25.5 Å². The van der Waals surface area contributed by atoms with Crippen LogP contribution in [0.25, 0.3) is 0 Å². The van der Waals surface area contributed by atoms with Gasteiger partial charge in [0.15, 0.2) is 5.16 Å². The summed E-state index contributed by atoms with van der Waals surface area (Å²) in [5, 5.41) is 12.1. The quantitative estimate of drug-likeness (QED) is 0.614. The standard InChI is InChI=1S/C13H15N5O2S3/c1-3-9-17-18-13(23-9)15-10(19)6(2)22-12-14-8-5-21-4-7(8)11(20)16-12/h6H,3-5H2,1-2H3,(H,14,16,20)(H,15,18,19). The second-order valence-corrected chi connectivity index (χ2v) is 8.27. The number of fused-ring (bicyclic) bond motifs is 1. The van der Waals surface area contributed by atoms with Gasteiger partial charge >= 0.3 is 0 Å². The lowest BCUT2D eigenvalue weighted by molar-refractivity contribution is -0.115. The second kappa shape index (κ2) is 7.02. The number of aryl methyl sites for hydroxylation is 1. The van der Waals surface area contributed by atoms with Crippen LogP contribution < -0.4 is 10.9 Å². The molecule has 1 aliphatic rings. The van der Waals surface area contributed by atoms with E-state index in [0.717, 1.165) is 28.4 Å². The maximum absolute atomic E-state index is 12.2. The number of nitrogens with one attached hydrogen (secondary N) is 2. The highest BCUT2D eigenvalue weighted by Gasteiger charge is 2.21. The van der Waals surface area contributed by atoms with Crippen molar-refractivity contribution in [1.29, 1.82) is 0 Å². The SMILES string of the molecule is CCc1nnc(NC(=O)C(C)Sc2nc3c(c(=O)[nH]2)CSC3)s1. The Morgan fingerprint density at radius 3 is 3.00 bits per heavy atom. The summed E-state index contributed by atoms with van der Waals surface area (Å²) in [6, 6.07) is 0. The van der Waals surface area contributed by atoms with E-state index in [1.54, 1.807) is 18.7 Å². The number of hydrogen-bond acceptors (Lipinski definition) is 8. The first-order valence-electron chi connectivity index (χ1n) is 7.06. The maximum Gasteiger partial charge on any atom is 0.255 e. The van der Waals surface area contributed by atoms with Gasteiger partial charge in [0.2, 0.25) is 11.0 Å². The molecule has 1 atom stereocenters. The number of nitrogens with zero attached hydrogens (tertiary/aromatic N) is 3. The number of aromatic amines is 1. The topological polar surface area (TPSA) is 101 Å². The zero-order valence-corrected chi connectivity index (χ0v) is 15.0. The summed E-state index contributed by atoms with van der Waals surface area (Å²) in [6.45, 7) is 3.75. The third-order valence-corrected chi connectivity index (χ3v) is 6.16. The van der Waals surface area contributed by atoms with Crippen molar-refractivity contribution in [3.63, 3.8) is 0 Å². The van der Waals surface area contributed by atoms with Crippen molar-refractivity contribution in [1.82, 2.24) is 20.2 Å².